The fourth-order valence-corrected chi connectivity index (χ4v) is 2.61. The Morgan fingerprint density at radius 2 is 2.13 bits per heavy atom. The standard InChI is InChI=1S/C17H18N4O2/c18-16-15(14(23)11-21(16)8-4-1-5-9-22)17-19-12-6-2-3-7-13(10-12)20-17/h1-7,9,18,22-23H,8,10-11H2,(H,19,20)/b4-1+,9-5-,18-16?. The third-order valence-corrected chi connectivity index (χ3v) is 3.68. The van der Waals surface area contributed by atoms with E-state index in [1.165, 1.54) is 6.08 Å². The molecule has 0 saturated heterocycles. The lowest BCUT2D eigenvalue weighted by Crippen LogP contribution is -2.34. The van der Waals surface area contributed by atoms with Crippen molar-refractivity contribution in [2.24, 2.45) is 4.99 Å². The minimum atomic E-state index is 0.139. The zero-order valence-electron chi connectivity index (χ0n) is 12.5. The third kappa shape index (κ3) is 3.11. The molecule has 0 amide bonds. The molecule has 2 heterocycles. The van der Waals surface area contributed by atoms with Crippen molar-refractivity contribution in [3.8, 4) is 0 Å². The molecule has 0 unspecified atom stereocenters. The SMILES string of the molecule is N=C1C(C2=NC3=CC=CC=C(C3)N2)=C(O)CN1C/C=C/C=C\O. The zero-order chi connectivity index (χ0) is 16.2. The third-order valence-electron chi connectivity index (χ3n) is 3.68. The fraction of sp³-hybridized carbons (Fsp3) is 0.176. The predicted molar refractivity (Wildman–Crippen MR) is 90.4 cm³/mol. The van der Waals surface area contributed by atoms with E-state index in [2.05, 4.69) is 10.3 Å². The molecule has 4 N–H and O–H groups in total. The molecule has 118 valence electrons. The highest BCUT2D eigenvalue weighted by molar-refractivity contribution is 6.24. The van der Waals surface area contributed by atoms with Crippen LogP contribution in [0.25, 0.3) is 0 Å². The molecule has 0 radical (unpaired) electrons. The van der Waals surface area contributed by atoms with Crippen molar-refractivity contribution in [3.63, 3.8) is 0 Å². The molecule has 2 aliphatic heterocycles. The first-order valence-electron chi connectivity index (χ1n) is 7.33. The molecule has 0 atom stereocenters. The highest BCUT2D eigenvalue weighted by Crippen LogP contribution is 2.25. The van der Waals surface area contributed by atoms with E-state index in [1.807, 2.05) is 30.4 Å². The Morgan fingerprint density at radius 1 is 1.30 bits per heavy atom. The summed E-state index contributed by atoms with van der Waals surface area (Å²) in [4.78, 5) is 6.25. The summed E-state index contributed by atoms with van der Waals surface area (Å²) < 4.78 is 0. The summed E-state index contributed by atoms with van der Waals surface area (Å²) in [5.41, 5.74) is 2.34. The number of aliphatic hydroxyl groups is 2. The van der Waals surface area contributed by atoms with Crippen LogP contribution in [0, 0.1) is 5.41 Å². The van der Waals surface area contributed by atoms with Crippen molar-refractivity contribution in [1.29, 1.82) is 5.41 Å². The molecule has 6 nitrogen and oxygen atoms in total. The topological polar surface area (TPSA) is 91.9 Å². The summed E-state index contributed by atoms with van der Waals surface area (Å²) in [5, 5.41) is 30.4. The quantitative estimate of drug-likeness (QED) is 0.474. The maximum Gasteiger partial charge on any atom is 0.144 e. The Morgan fingerprint density at radius 3 is 2.96 bits per heavy atom. The largest absolute Gasteiger partial charge is 0.516 e. The van der Waals surface area contributed by atoms with E-state index >= 15 is 0 Å². The van der Waals surface area contributed by atoms with Gasteiger partial charge in [-0.05, 0) is 18.2 Å². The van der Waals surface area contributed by atoms with Crippen LogP contribution in [-0.2, 0) is 0 Å². The van der Waals surface area contributed by atoms with Crippen LogP contribution >= 0.6 is 0 Å². The van der Waals surface area contributed by atoms with Crippen LogP contribution in [0.4, 0.5) is 0 Å². The van der Waals surface area contributed by atoms with Gasteiger partial charge in [0.05, 0.1) is 18.4 Å². The van der Waals surface area contributed by atoms with Gasteiger partial charge >= 0.3 is 0 Å². The molecule has 0 saturated carbocycles. The molecule has 0 aromatic rings. The Bertz CT molecular complexity index is 736. The van der Waals surface area contributed by atoms with Crippen LogP contribution in [0.2, 0.25) is 0 Å². The Balaban J connectivity index is 1.79. The average molecular weight is 310 g/mol. The first kappa shape index (κ1) is 14.9. The van der Waals surface area contributed by atoms with E-state index in [1.54, 1.807) is 11.0 Å². The number of hydrogen-bond donors (Lipinski definition) is 4. The van der Waals surface area contributed by atoms with Crippen molar-refractivity contribution >= 4 is 11.7 Å². The van der Waals surface area contributed by atoms with Crippen molar-refractivity contribution in [1.82, 2.24) is 10.2 Å². The molecule has 0 aromatic carbocycles. The van der Waals surface area contributed by atoms with Crippen LogP contribution in [0.1, 0.15) is 6.42 Å². The molecule has 2 bridgehead atoms. The van der Waals surface area contributed by atoms with E-state index in [0.29, 0.717) is 18.0 Å². The summed E-state index contributed by atoms with van der Waals surface area (Å²) in [6.07, 6.45) is 14.4. The average Bonchev–Trinajstić information content (AvgIpc) is 2.70. The highest BCUT2D eigenvalue weighted by atomic mass is 16.3. The lowest BCUT2D eigenvalue weighted by molar-refractivity contribution is 0.360. The fourth-order valence-electron chi connectivity index (χ4n) is 2.61. The molecule has 1 aliphatic carbocycles. The Labute approximate surface area is 134 Å². The van der Waals surface area contributed by atoms with Gasteiger partial charge in [-0.1, -0.05) is 24.3 Å². The molecule has 3 aliphatic rings. The molecule has 3 rings (SSSR count). The number of rotatable bonds is 4. The van der Waals surface area contributed by atoms with E-state index in [9.17, 15) is 5.11 Å². The summed E-state index contributed by atoms with van der Waals surface area (Å²) in [7, 11) is 0. The van der Waals surface area contributed by atoms with E-state index in [-0.39, 0.29) is 18.1 Å². The van der Waals surface area contributed by atoms with Gasteiger partial charge in [0, 0.05) is 24.4 Å². The monoisotopic (exact) mass is 310 g/mol. The van der Waals surface area contributed by atoms with Gasteiger partial charge in [0.25, 0.3) is 0 Å². The lowest BCUT2D eigenvalue weighted by Gasteiger charge is -2.21. The van der Waals surface area contributed by atoms with Gasteiger partial charge in [0.2, 0.25) is 0 Å². The van der Waals surface area contributed by atoms with Gasteiger partial charge in [-0.2, -0.15) is 0 Å². The van der Waals surface area contributed by atoms with Crippen LogP contribution < -0.4 is 5.32 Å². The van der Waals surface area contributed by atoms with E-state index in [4.69, 9.17) is 10.5 Å². The number of allylic oxidation sites excluding steroid dienone is 6. The number of nitrogens with one attached hydrogen (secondary N) is 2. The molecule has 0 fully saturated rings. The number of fused-ring (bicyclic) bond motifs is 2. The first-order chi connectivity index (χ1) is 11.2. The summed E-state index contributed by atoms with van der Waals surface area (Å²) >= 11 is 0. The van der Waals surface area contributed by atoms with Crippen LogP contribution in [0.15, 0.2) is 76.5 Å². The van der Waals surface area contributed by atoms with E-state index < -0.39 is 0 Å². The van der Waals surface area contributed by atoms with Gasteiger partial charge in [-0.3, -0.25) is 5.41 Å². The summed E-state index contributed by atoms with van der Waals surface area (Å²) in [5.74, 6) is 0.890. The molecule has 0 aromatic heterocycles. The molecular weight excluding hydrogens is 292 g/mol. The van der Waals surface area contributed by atoms with Gasteiger partial charge in [0.15, 0.2) is 0 Å². The summed E-state index contributed by atoms with van der Waals surface area (Å²) in [6.45, 7) is 0.745. The molecule has 6 heteroatoms. The van der Waals surface area contributed by atoms with E-state index in [0.717, 1.165) is 24.1 Å². The second-order valence-electron chi connectivity index (χ2n) is 5.32. The zero-order valence-corrected chi connectivity index (χ0v) is 12.5. The van der Waals surface area contributed by atoms with Crippen LogP contribution in [0.3, 0.4) is 0 Å². The molecular formula is C17H18N4O2. The van der Waals surface area contributed by atoms with Gasteiger partial charge in [-0.25, -0.2) is 4.99 Å². The van der Waals surface area contributed by atoms with Crippen LogP contribution in [-0.4, -0.2) is 39.9 Å². The van der Waals surface area contributed by atoms with Crippen LogP contribution in [0.5, 0.6) is 0 Å². The smallest absolute Gasteiger partial charge is 0.144 e. The van der Waals surface area contributed by atoms with Crippen molar-refractivity contribution in [3.05, 3.63) is 71.5 Å². The van der Waals surface area contributed by atoms with Gasteiger partial charge in [0.1, 0.15) is 17.4 Å². The van der Waals surface area contributed by atoms with Crippen molar-refractivity contribution in [2.75, 3.05) is 13.1 Å². The normalized spacial score (nSPS) is 20.8. The molecule has 0 spiro atoms. The maximum atomic E-state index is 10.3. The van der Waals surface area contributed by atoms with Gasteiger partial charge in [-0.15, -0.1) is 0 Å². The Hall–Kier alpha value is -3.02. The number of nitrogens with zero attached hydrogens (tertiary/aromatic N) is 2. The first-order valence-corrected chi connectivity index (χ1v) is 7.33. The number of aliphatic hydroxyl groups excluding tert-OH is 2. The minimum absolute atomic E-state index is 0.139. The van der Waals surface area contributed by atoms with Crippen molar-refractivity contribution in [2.45, 2.75) is 6.42 Å². The number of aliphatic imine (C=N–C) groups is 1. The highest BCUT2D eigenvalue weighted by Gasteiger charge is 2.31. The van der Waals surface area contributed by atoms with Crippen molar-refractivity contribution < 1.29 is 10.2 Å². The Kier molecular flexibility index (Phi) is 4.14. The number of amidine groups is 2. The maximum absolute atomic E-state index is 10.3. The lowest BCUT2D eigenvalue weighted by atomic mass is 10.1. The molecule has 23 heavy (non-hydrogen) atoms. The second-order valence-corrected chi connectivity index (χ2v) is 5.32. The minimum Gasteiger partial charge on any atom is -0.516 e. The summed E-state index contributed by atoms with van der Waals surface area (Å²) in [6, 6.07) is 0. The second kappa shape index (κ2) is 6.39. The van der Waals surface area contributed by atoms with Gasteiger partial charge < -0.3 is 20.4 Å². The number of hydrogen-bond acceptors (Lipinski definition) is 5. The predicted octanol–water partition coefficient (Wildman–Crippen LogP) is 2.45.